The Morgan fingerprint density at radius 2 is 2.33 bits per heavy atom. The van der Waals surface area contributed by atoms with Crippen molar-refractivity contribution >= 4 is 5.82 Å². The van der Waals surface area contributed by atoms with Crippen LogP contribution in [0.5, 0.6) is 0 Å². The molecule has 0 unspecified atom stereocenters. The second-order valence-electron chi connectivity index (χ2n) is 3.67. The van der Waals surface area contributed by atoms with Gasteiger partial charge in [0.2, 0.25) is 0 Å². The number of aromatic nitrogens is 1. The molecule has 0 radical (unpaired) electrons. The lowest BCUT2D eigenvalue weighted by Crippen LogP contribution is -2.24. The number of aliphatic hydroxyl groups is 2. The maximum absolute atomic E-state index is 9.55. The van der Waals surface area contributed by atoms with Crippen LogP contribution in [0.2, 0.25) is 0 Å². The zero-order valence-electron chi connectivity index (χ0n) is 8.21. The molecule has 82 valence electrons. The van der Waals surface area contributed by atoms with Crippen molar-refractivity contribution in [1.29, 1.82) is 0 Å². The topological polar surface area (TPSA) is 88.6 Å². The van der Waals surface area contributed by atoms with E-state index in [1.54, 1.807) is 12.3 Å². The van der Waals surface area contributed by atoms with Crippen LogP contribution in [0, 0.1) is 0 Å². The summed E-state index contributed by atoms with van der Waals surface area (Å²) in [7, 11) is 0. The molecule has 0 saturated carbocycles. The number of hydrogen-bond acceptors (Lipinski definition) is 5. The van der Waals surface area contributed by atoms with E-state index in [0.717, 1.165) is 5.56 Å². The first-order chi connectivity index (χ1) is 7.20. The maximum Gasteiger partial charge on any atom is 0.123 e. The van der Waals surface area contributed by atoms with Crippen LogP contribution >= 0.6 is 0 Å². The normalized spacial score (nSPS) is 30.7. The second kappa shape index (κ2) is 4.14. The Labute approximate surface area is 87.5 Å². The predicted octanol–water partition coefficient (Wildman–Crippen LogP) is -0.153. The number of anilines is 1. The minimum Gasteiger partial charge on any atom is -0.394 e. The Morgan fingerprint density at radius 1 is 1.53 bits per heavy atom. The summed E-state index contributed by atoms with van der Waals surface area (Å²) in [6, 6.07) is 3.51. The summed E-state index contributed by atoms with van der Waals surface area (Å²) < 4.78 is 5.47. The van der Waals surface area contributed by atoms with E-state index in [0.29, 0.717) is 12.2 Å². The highest BCUT2D eigenvalue weighted by atomic mass is 16.5. The quantitative estimate of drug-likeness (QED) is 0.631. The van der Waals surface area contributed by atoms with E-state index in [1.807, 2.05) is 6.07 Å². The summed E-state index contributed by atoms with van der Waals surface area (Å²) in [5, 5.41) is 18.5. The van der Waals surface area contributed by atoms with Crippen LogP contribution < -0.4 is 5.73 Å². The third kappa shape index (κ3) is 2.09. The van der Waals surface area contributed by atoms with Gasteiger partial charge >= 0.3 is 0 Å². The number of nitrogens with two attached hydrogens (primary N) is 1. The molecule has 1 aromatic rings. The van der Waals surface area contributed by atoms with E-state index in [2.05, 4.69) is 4.98 Å². The van der Waals surface area contributed by atoms with Crippen LogP contribution in [0.3, 0.4) is 0 Å². The van der Waals surface area contributed by atoms with E-state index in [-0.39, 0.29) is 12.7 Å². The summed E-state index contributed by atoms with van der Waals surface area (Å²) in [5.74, 6) is 0.455. The summed E-state index contributed by atoms with van der Waals surface area (Å²) in [6.07, 6.45) is 0.805. The molecular formula is C10H14N2O3. The third-order valence-corrected chi connectivity index (χ3v) is 2.58. The maximum atomic E-state index is 9.55. The fourth-order valence-electron chi connectivity index (χ4n) is 1.71. The Kier molecular flexibility index (Phi) is 2.86. The first-order valence-electron chi connectivity index (χ1n) is 4.86. The molecule has 1 aliphatic heterocycles. The lowest BCUT2D eigenvalue weighted by molar-refractivity contribution is -0.0226. The molecule has 5 nitrogen and oxygen atoms in total. The molecular weight excluding hydrogens is 196 g/mol. The molecule has 0 spiro atoms. The van der Waals surface area contributed by atoms with Crippen molar-refractivity contribution in [3.05, 3.63) is 23.9 Å². The van der Waals surface area contributed by atoms with Crippen molar-refractivity contribution in [2.45, 2.75) is 24.7 Å². The highest BCUT2D eigenvalue weighted by molar-refractivity contribution is 5.30. The van der Waals surface area contributed by atoms with E-state index < -0.39 is 12.2 Å². The fraction of sp³-hybridized carbons (Fsp3) is 0.500. The van der Waals surface area contributed by atoms with Crippen molar-refractivity contribution in [2.75, 3.05) is 12.3 Å². The van der Waals surface area contributed by atoms with Gasteiger partial charge in [-0.2, -0.15) is 0 Å². The molecule has 0 aliphatic carbocycles. The van der Waals surface area contributed by atoms with Crippen molar-refractivity contribution in [3.63, 3.8) is 0 Å². The number of hydrogen-bond donors (Lipinski definition) is 3. The third-order valence-electron chi connectivity index (χ3n) is 2.58. The predicted molar refractivity (Wildman–Crippen MR) is 54.0 cm³/mol. The van der Waals surface area contributed by atoms with Crippen molar-refractivity contribution < 1.29 is 14.9 Å². The van der Waals surface area contributed by atoms with Gasteiger partial charge in [0.15, 0.2) is 0 Å². The van der Waals surface area contributed by atoms with Crippen molar-refractivity contribution in [2.24, 2.45) is 0 Å². The van der Waals surface area contributed by atoms with Gasteiger partial charge in [-0.15, -0.1) is 0 Å². The number of ether oxygens (including phenoxy) is 1. The Bertz CT molecular complexity index is 328. The van der Waals surface area contributed by atoms with E-state index in [1.165, 1.54) is 0 Å². The first kappa shape index (κ1) is 10.4. The van der Waals surface area contributed by atoms with Gasteiger partial charge in [-0.05, 0) is 11.6 Å². The molecule has 5 heteroatoms. The number of nitrogens with zero attached hydrogens (tertiary/aromatic N) is 1. The molecule has 4 N–H and O–H groups in total. The number of pyridine rings is 1. The molecule has 1 aromatic heterocycles. The van der Waals surface area contributed by atoms with Gasteiger partial charge in [0.05, 0.1) is 18.8 Å². The standard InChI is InChI=1S/C10H14N2O3/c11-10-2-1-6(4-12-10)8-3-7(14)9(5-13)15-8/h1-2,4,7-9,13-14H,3,5H2,(H2,11,12)/t7-,8-,9-/m1/s1. The summed E-state index contributed by atoms with van der Waals surface area (Å²) >= 11 is 0. The smallest absolute Gasteiger partial charge is 0.123 e. The molecule has 2 rings (SSSR count). The second-order valence-corrected chi connectivity index (χ2v) is 3.67. The van der Waals surface area contributed by atoms with Gasteiger partial charge in [-0.3, -0.25) is 0 Å². The molecule has 15 heavy (non-hydrogen) atoms. The average Bonchev–Trinajstić information content (AvgIpc) is 2.61. The summed E-state index contributed by atoms with van der Waals surface area (Å²) in [4.78, 5) is 3.95. The summed E-state index contributed by atoms with van der Waals surface area (Å²) in [6.45, 7) is -0.167. The van der Waals surface area contributed by atoms with Gasteiger partial charge in [0.1, 0.15) is 11.9 Å². The fourth-order valence-corrected chi connectivity index (χ4v) is 1.71. The van der Waals surface area contributed by atoms with Crippen molar-refractivity contribution in [3.8, 4) is 0 Å². The number of nitrogen functional groups attached to an aromatic ring is 1. The molecule has 2 heterocycles. The van der Waals surface area contributed by atoms with Gasteiger partial charge in [-0.25, -0.2) is 4.98 Å². The largest absolute Gasteiger partial charge is 0.394 e. The number of rotatable bonds is 2. The average molecular weight is 210 g/mol. The minimum absolute atomic E-state index is 0.167. The molecule has 1 saturated heterocycles. The van der Waals surface area contributed by atoms with Gasteiger partial charge < -0.3 is 20.7 Å². The van der Waals surface area contributed by atoms with Crippen LogP contribution in [0.1, 0.15) is 18.1 Å². The van der Waals surface area contributed by atoms with E-state index >= 15 is 0 Å². The van der Waals surface area contributed by atoms with Gasteiger partial charge in [0, 0.05) is 12.6 Å². The van der Waals surface area contributed by atoms with E-state index in [9.17, 15) is 5.11 Å². The summed E-state index contributed by atoms with van der Waals surface area (Å²) in [5.41, 5.74) is 6.34. The minimum atomic E-state index is -0.613. The Hall–Kier alpha value is -1.17. The van der Waals surface area contributed by atoms with Crippen LogP contribution in [0.4, 0.5) is 5.82 Å². The molecule has 0 amide bonds. The Balaban J connectivity index is 2.10. The van der Waals surface area contributed by atoms with E-state index in [4.69, 9.17) is 15.6 Å². The molecule has 0 bridgehead atoms. The molecule has 0 aromatic carbocycles. The SMILES string of the molecule is Nc1ccc([C@H]2C[C@@H](O)[C@@H](CO)O2)cn1. The van der Waals surface area contributed by atoms with Crippen LogP contribution in [0.15, 0.2) is 18.3 Å². The number of aliphatic hydroxyl groups excluding tert-OH is 2. The van der Waals surface area contributed by atoms with Gasteiger partial charge in [-0.1, -0.05) is 6.07 Å². The zero-order valence-corrected chi connectivity index (χ0v) is 8.21. The van der Waals surface area contributed by atoms with Crippen molar-refractivity contribution in [1.82, 2.24) is 4.98 Å². The van der Waals surface area contributed by atoms with Crippen LogP contribution in [0.25, 0.3) is 0 Å². The lowest BCUT2D eigenvalue weighted by atomic mass is 10.1. The van der Waals surface area contributed by atoms with Crippen LogP contribution in [-0.4, -0.2) is 34.0 Å². The highest BCUT2D eigenvalue weighted by Gasteiger charge is 2.34. The lowest BCUT2D eigenvalue weighted by Gasteiger charge is -2.11. The molecule has 3 atom stereocenters. The molecule has 1 fully saturated rings. The van der Waals surface area contributed by atoms with Gasteiger partial charge in [0.25, 0.3) is 0 Å². The Morgan fingerprint density at radius 3 is 2.87 bits per heavy atom. The van der Waals surface area contributed by atoms with Crippen LogP contribution in [-0.2, 0) is 4.74 Å². The monoisotopic (exact) mass is 210 g/mol. The molecule has 1 aliphatic rings. The zero-order chi connectivity index (χ0) is 10.8. The first-order valence-corrected chi connectivity index (χ1v) is 4.86. The highest BCUT2D eigenvalue weighted by Crippen LogP contribution is 2.32.